The lowest BCUT2D eigenvalue weighted by atomic mass is 9.94. The van der Waals surface area contributed by atoms with E-state index in [9.17, 15) is 19.5 Å². The summed E-state index contributed by atoms with van der Waals surface area (Å²) < 4.78 is 0. The van der Waals surface area contributed by atoms with Gasteiger partial charge in [-0.3, -0.25) is 14.5 Å². The van der Waals surface area contributed by atoms with Gasteiger partial charge < -0.3 is 9.90 Å². The van der Waals surface area contributed by atoms with Crippen molar-refractivity contribution in [2.45, 2.75) is 0 Å². The predicted molar refractivity (Wildman–Crippen MR) is 73.5 cm³/mol. The number of carboxylic acid groups (broad SMARTS) is 1. The molecule has 104 valence electrons. The van der Waals surface area contributed by atoms with Crippen molar-refractivity contribution in [3.63, 3.8) is 0 Å². The van der Waals surface area contributed by atoms with Gasteiger partial charge in [-0.05, 0) is 23.6 Å². The van der Waals surface area contributed by atoms with Crippen LogP contribution in [0.15, 0.2) is 48.6 Å². The molecule has 0 aliphatic carbocycles. The number of amides is 2. The largest absolute Gasteiger partial charge is 0.545 e. The first-order valence-corrected chi connectivity index (χ1v) is 6.35. The summed E-state index contributed by atoms with van der Waals surface area (Å²) in [5.74, 6) is -2.21. The van der Waals surface area contributed by atoms with E-state index in [1.54, 1.807) is 24.3 Å². The van der Waals surface area contributed by atoms with Gasteiger partial charge in [-0.2, -0.15) is 0 Å². The molecule has 1 aliphatic heterocycles. The van der Waals surface area contributed by atoms with Crippen LogP contribution >= 0.6 is 0 Å². The average molecular weight is 280 g/mol. The van der Waals surface area contributed by atoms with E-state index in [-0.39, 0.29) is 6.54 Å². The van der Waals surface area contributed by atoms with Crippen molar-refractivity contribution in [1.82, 2.24) is 4.90 Å². The molecule has 0 fully saturated rings. The van der Waals surface area contributed by atoms with Crippen molar-refractivity contribution < 1.29 is 19.5 Å². The lowest BCUT2D eigenvalue weighted by Gasteiger charge is -2.26. The van der Waals surface area contributed by atoms with Crippen molar-refractivity contribution in [2.24, 2.45) is 0 Å². The van der Waals surface area contributed by atoms with Crippen molar-refractivity contribution in [3.8, 4) is 0 Å². The molecule has 5 heteroatoms. The lowest BCUT2D eigenvalue weighted by molar-refractivity contribution is -0.297. The summed E-state index contributed by atoms with van der Waals surface area (Å²) in [6, 6.07) is 10.5. The van der Waals surface area contributed by atoms with Crippen LogP contribution in [0.3, 0.4) is 0 Å². The summed E-state index contributed by atoms with van der Waals surface area (Å²) in [7, 11) is 0. The number of carboxylic acids is 1. The molecule has 2 aromatic carbocycles. The summed E-state index contributed by atoms with van der Waals surface area (Å²) >= 11 is 0. The zero-order valence-corrected chi connectivity index (χ0v) is 10.9. The molecule has 0 radical (unpaired) electrons. The Morgan fingerprint density at radius 2 is 1.62 bits per heavy atom. The second kappa shape index (κ2) is 4.86. The third-order valence-electron chi connectivity index (χ3n) is 3.40. The minimum absolute atomic E-state index is 0.101. The Labute approximate surface area is 120 Å². The van der Waals surface area contributed by atoms with E-state index in [1.165, 1.54) is 6.08 Å². The quantitative estimate of drug-likeness (QED) is 0.613. The van der Waals surface area contributed by atoms with Gasteiger partial charge in [0.1, 0.15) is 0 Å². The van der Waals surface area contributed by atoms with Gasteiger partial charge in [0.2, 0.25) is 0 Å². The number of hydrogen-bond acceptors (Lipinski definition) is 4. The standard InChI is InChI=1S/C16H11NO4/c18-13(19)8-3-9-17-15(20)11-6-1-4-10-5-2-7-12(14(10)11)16(17)21/h1-8H,9H2,(H,18,19)/p-1/b8-3+. The maximum atomic E-state index is 12.4. The third-order valence-corrected chi connectivity index (χ3v) is 3.40. The molecular weight excluding hydrogens is 270 g/mol. The van der Waals surface area contributed by atoms with Gasteiger partial charge in [-0.25, -0.2) is 0 Å². The highest BCUT2D eigenvalue weighted by molar-refractivity contribution is 6.25. The molecule has 3 rings (SSSR count). The fraction of sp³-hybridized carbons (Fsp3) is 0.0625. The zero-order chi connectivity index (χ0) is 15.0. The van der Waals surface area contributed by atoms with Gasteiger partial charge in [-0.1, -0.05) is 30.3 Å². The topological polar surface area (TPSA) is 77.5 Å². The van der Waals surface area contributed by atoms with Crippen LogP contribution in [-0.2, 0) is 4.79 Å². The highest BCUT2D eigenvalue weighted by Gasteiger charge is 2.31. The SMILES string of the molecule is O=C([O-])/C=C/CN1C(=O)c2cccc3cccc(c23)C1=O. The number of carbonyl (C=O) groups is 3. The van der Waals surface area contributed by atoms with Crippen LogP contribution in [0.2, 0.25) is 0 Å². The van der Waals surface area contributed by atoms with Gasteiger partial charge in [0, 0.05) is 23.1 Å². The van der Waals surface area contributed by atoms with Crippen LogP contribution in [0.25, 0.3) is 10.8 Å². The second-order valence-corrected chi connectivity index (χ2v) is 4.65. The number of carbonyl (C=O) groups excluding carboxylic acids is 3. The van der Waals surface area contributed by atoms with Crippen molar-refractivity contribution >= 4 is 28.6 Å². The smallest absolute Gasteiger partial charge is 0.261 e. The Balaban J connectivity index is 2.09. The Kier molecular flexibility index (Phi) is 3.02. The van der Waals surface area contributed by atoms with E-state index in [0.29, 0.717) is 16.5 Å². The van der Waals surface area contributed by atoms with Crippen molar-refractivity contribution in [3.05, 3.63) is 59.7 Å². The summed E-state index contributed by atoms with van der Waals surface area (Å²) in [5.41, 5.74) is 0.897. The van der Waals surface area contributed by atoms with Crippen LogP contribution in [0.1, 0.15) is 20.7 Å². The molecule has 0 saturated carbocycles. The van der Waals surface area contributed by atoms with E-state index in [1.807, 2.05) is 12.1 Å². The summed E-state index contributed by atoms with van der Waals surface area (Å²) in [4.78, 5) is 36.2. The Bertz CT molecular complexity index is 756. The molecule has 1 aliphatic rings. The Morgan fingerprint density at radius 1 is 1.05 bits per heavy atom. The van der Waals surface area contributed by atoms with Gasteiger partial charge in [0.05, 0.1) is 5.97 Å². The Morgan fingerprint density at radius 3 is 2.14 bits per heavy atom. The first-order chi connectivity index (χ1) is 10.1. The first-order valence-electron chi connectivity index (χ1n) is 6.35. The Hall–Kier alpha value is -2.95. The van der Waals surface area contributed by atoms with E-state index >= 15 is 0 Å². The maximum Gasteiger partial charge on any atom is 0.261 e. The molecule has 0 atom stereocenters. The fourth-order valence-electron chi connectivity index (χ4n) is 2.50. The maximum absolute atomic E-state index is 12.4. The van der Waals surface area contributed by atoms with E-state index in [2.05, 4.69) is 0 Å². The number of rotatable bonds is 3. The monoisotopic (exact) mass is 280 g/mol. The highest BCUT2D eigenvalue weighted by Crippen LogP contribution is 2.29. The minimum atomic E-state index is -1.37. The van der Waals surface area contributed by atoms with E-state index in [0.717, 1.165) is 16.4 Å². The lowest BCUT2D eigenvalue weighted by Crippen LogP contribution is -2.40. The van der Waals surface area contributed by atoms with E-state index < -0.39 is 17.8 Å². The molecular formula is C16H10NO4-. The molecule has 0 saturated heterocycles. The number of nitrogens with zero attached hydrogens (tertiary/aromatic N) is 1. The molecule has 0 bridgehead atoms. The average Bonchev–Trinajstić information content (AvgIpc) is 2.47. The number of imide groups is 1. The molecule has 0 unspecified atom stereocenters. The van der Waals surface area contributed by atoms with Crippen LogP contribution in [0.4, 0.5) is 0 Å². The van der Waals surface area contributed by atoms with Crippen LogP contribution in [0.5, 0.6) is 0 Å². The summed E-state index contributed by atoms with van der Waals surface area (Å²) in [6.45, 7) is -0.101. The van der Waals surface area contributed by atoms with Crippen LogP contribution in [-0.4, -0.2) is 29.2 Å². The summed E-state index contributed by atoms with van der Waals surface area (Å²) in [5, 5.41) is 11.8. The van der Waals surface area contributed by atoms with Crippen LogP contribution in [0, 0.1) is 0 Å². The predicted octanol–water partition coefficient (Wildman–Crippen LogP) is 0.742. The summed E-state index contributed by atoms with van der Waals surface area (Å²) in [6.07, 6.45) is 2.03. The molecule has 2 aromatic rings. The molecule has 1 heterocycles. The number of benzene rings is 2. The van der Waals surface area contributed by atoms with Crippen molar-refractivity contribution in [2.75, 3.05) is 6.54 Å². The van der Waals surface area contributed by atoms with Gasteiger partial charge in [0.15, 0.2) is 0 Å². The molecule has 2 amide bonds. The van der Waals surface area contributed by atoms with Gasteiger partial charge in [0.25, 0.3) is 11.8 Å². The van der Waals surface area contributed by atoms with Crippen molar-refractivity contribution in [1.29, 1.82) is 0 Å². The fourth-order valence-corrected chi connectivity index (χ4v) is 2.50. The van der Waals surface area contributed by atoms with Crippen LogP contribution < -0.4 is 5.11 Å². The molecule has 0 spiro atoms. The molecule has 0 aromatic heterocycles. The minimum Gasteiger partial charge on any atom is -0.545 e. The van der Waals surface area contributed by atoms with Gasteiger partial charge in [-0.15, -0.1) is 0 Å². The number of hydrogen-bond donors (Lipinski definition) is 0. The van der Waals surface area contributed by atoms with E-state index in [4.69, 9.17) is 0 Å². The third kappa shape index (κ3) is 2.08. The van der Waals surface area contributed by atoms with Gasteiger partial charge >= 0.3 is 0 Å². The zero-order valence-electron chi connectivity index (χ0n) is 10.9. The number of aliphatic carboxylic acids is 1. The molecule has 21 heavy (non-hydrogen) atoms. The second-order valence-electron chi connectivity index (χ2n) is 4.65. The highest BCUT2D eigenvalue weighted by atomic mass is 16.4. The normalized spacial score (nSPS) is 14.2. The first kappa shape index (κ1) is 13.1. The molecule has 5 nitrogen and oxygen atoms in total. The molecule has 0 N–H and O–H groups in total.